The van der Waals surface area contributed by atoms with Crippen molar-refractivity contribution in [2.45, 2.75) is 19.0 Å². The minimum Gasteiger partial charge on any atom is -0.357 e. The van der Waals surface area contributed by atoms with Gasteiger partial charge in [0, 0.05) is 30.2 Å². The molecule has 0 spiro atoms. The number of hydrogen-bond acceptors (Lipinski definition) is 3. The van der Waals surface area contributed by atoms with Gasteiger partial charge in [-0.15, -0.1) is 0 Å². The van der Waals surface area contributed by atoms with Gasteiger partial charge in [-0.3, -0.25) is 4.90 Å². The number of hydrogen-bond donors (Lipinski definition) is 0. The van der Waals surface area contributed by atoms with Crippen LogP contribution < -0.4 is 4.90 Å². The van der Waals surface area contributed by atoms with Crippen LogP contribution in [0.25, 0.3) is 27.9 Å². The summed E-state index contributed by atoms with van der Waals surface area (Å²) in [5.41, 5.74) is 7.40. The minimum absolute atomic E-state index is 0.106. The number of benzene rings is 2. The van der Waals surface area contributed by atoms with Crippen molar-refractivity contribution < 1.29 is 0 Å². The number of para-hydroxylation sites is 1. The monoisotopic (exact) mass is 454 g/mol. The molecule has 7 rings (SSSR count). The first-order chi connectivity index (χ1) is 17.3. The topological polar surface area (TPSA) is 24.3 Å². The summed E-state index contributed by atoms with van der Waals surface area (Å²) in [6.45, 7) is 0. The number of rotatable bonds is 2. The van der Waals surface area contributed by atoms with Crippen LogP contribution in [0.3, 0.4) is 0 Å². The molecule has 0 fully saturated rings. The van der Waals surface area contributed by atoms with E-state index >= 15 is 0 Å². The fourth-order valence-electron chi connectivity index (χ4n) is 5.61. The molecule has 0 saturated carbocycles. The minimum atomic E-state index is 0.106. The highest BCUT2D eigenvalue weighted by Crippen LogP contribution is 2.43. The average molecular weight is 455 g/mol. The number of anilines is 2. The fourth-order valence-corrected chi connectivity index (χ4v) is 5.61. The van der Waals surface area contributed by atoms with E-state index in [0.29, 0.717) is 0 Å². The summed E-state index contributed by atoms with van der Waals surface area (Å²) in [4.78, 5) is 9.37. The van der Waals surface area contributed by atoms with Gasteiger partial charge in [-0.05, 0) is 72.5 Å². The normalized spacial score (nSPS) is 18.9. The van der Waals surface area contributed by atoms with Crippen molar-refractivity contribution in [3.63, 3.8) is 0 Å². The molecule has 1 unspecified atom stereocenters. The Morgan fingerprint density at radius 2 is 1.80 bits per heavy atom. The van der Waals surface area contributed by atoms with Gasteiger partial charge in [0.25, 0.3) is 0 Å². The van der Waals surface area contributed by atoms with Crippen LogP contribution >= 0.6 is 0 Å². The van der Waals surface area contributed by atoms with Crippen LogP contribution in [0.2, 0.25) is 0 Å². The molecule has 4 heterocycles. The van der Waals surface area contributed by atoms with Gasteiger partial charge in [0.1, 0.15) is 12.0 Å². The van der Waals surface area contributed by atoms with Crippen molar-refractivity contribution in [1.82, 2.24) is 14.5 Å². The molecule has 2 aliphatic heterocycles. The third kappa shape index (κ3) is 3.10. The Morgan fingerprint density at radius 3 is 2.69 bits per heavy atom. The smallest absolute Gasteiger partial charge is 0.137 e. The van der Waals surface area contributed by atoms with Crippen LogP contribution in [-0.4, -0.2) is 21.5 Å². The summed E-state index contributed by atoms with van der Waals surface area (Å²) in [6, 6.07) is 19.6. The number of allylic oxidation sites excluding steroid dienone is 6. The van der Waals surface area contributed by atoms with E-state index in [1.54, 1.807) is 0 Å². The summed E-state index contributed by atoms with van der Waals surface area (Å²) in [6.07, 6.45) is 21.8. The summed E-state index contributed by atoms with van der Waals surface area (Å²) < 4.78 is 2.46. The third-order valence-corrected chi connectivity index (χ3v) is 7.26. The zero-order valence-electron chi connectivity index (χ0n) is 19.7. The highest BCUT2D eigenvalue weighted by molar-refractivity contribution is 6.10. The standard InChI is InChI=1S/C31H26N4/c1-33-19-9-7-15-31(33)35-27-13-5-3-11-24(27)25-20-23-17-16-22-10-2-4-12-26(22)34(28(23)21-29(25)35)30-14-6-8-18-32-30/h3-9,11-21,31H,2,10H2,1H3. The molecule has 4 nitrogen and oxygen atoms in total. The number of nitrogens with zero attached hydrogens (tertiary/aromatic N) is 4. The summed E-state index contributed by atoms with van der Waals surface area (Å²) in [5, 5.41) is 2.55. The SMILES string of the molecule is CN1C=CC=CC1n1c2ccccc2c2cc3c(cc21)N(c1ccccn1)C1=C(C=C3)CCC=C1. The predicted molar refractivity (Wildman–Crippen MR) is 145 cm³/mol. The Morgan fingerprint density at radius 1 is 0.886 bits per heavy atom. The first-order valence-electron chi connectivity index (χ1n) is 12.2. The maximum atomic E-state index is 4.78. The van der Waals surface area contributed by atoms with E-state index in [1.807, 2.05) is 12.3 Å². The maximum absolute atomic E-state index is 4.78. The number of aromatic nitrogens is 2. The molecule has 4 heteroatoms. The van der Waals surface area contributed by atoms with E-state index < -0.39 is 0 Å². The Hall–Kier alpha value is -4.31. The molecule has 0 radical (unpaired) electrons. The lowest BCUT2D eigenvalue weighted by Gasteiger charge is -2.30. The largest absolute Gasteiger partial charge is 0.357 e. The van der Waals surface area contributed by atoms with Crippen LogP contribution in [0.5, 0.6) is 0 Å². The molecule has 2 aromatic carbocycles. The molecule has 0 saturated heterocycles. The summed E-state index contributed by atoms with van der Waals surface area (Å²) in [5.74, 6) is 0.941. The second-order valence-corrected chi connectivity index (χ2v) is 9.33. The third-order valence-electron chi connectivity index (χ3n) is 7.26. The lowest BCUT2D eigenvalue weighted by molar-refractivity contribution is 0.313. The molecule has 3 aliphatic rings. The van der Waals surface area contributed by atoms with Crippen LogP contribution in [0, 0.1) is 0 Å². The highest BCUT2D eigenvalue weighted by Gasteiger charge is 2.26. The molecule has 2 aromatic heterocycles. The van der Waals surface area contributed by atoms with Crippen molar-refractivity contribution in [2.24, 2.45) is 0 Å². The first-order valence-corrected chi connectivity index (χ1v) is 12.2. The first kappa shape index (κ1) is 20.1. The van der Waals surface area contributed by atoms with Gasteiger partial charge in [-0.25, -0.2) is 4.98 Å². The molecule has 170 valence electrons. The molecular weight excluding hydrogens is 428 g/mol. The summed E-state index contributed by atoms with van der Waals surface area (Å²) in [7, 11) is 2.14. The van der Waals surface area contributed by atoms with Crippen LogP contribution in [-0.2, 0) is 0 Å². The molecule has 1 aliphatic carbocycles. The van der Waals surface area contributed by atoms with E-state index in [1.165, 1.54) is 38.6 Å². The Labute approximate surface area is 205 Å². The molecule has 4 aromatic rings. The average Bonchev–Trinajstić information content (AvgIpc) is 3.12. The quantitative estimate of drug-likeness (QED) is 0.314. The van der Waals surface area contributed by atoms with Gasteiger partial charge in [0.05, 0.1) is 22.4 Å². The molecule has 0 N–H and O–H groups in total. The lowest BCUT2D eigenvalue weighted by Crippen LogP contribution is -2.24. The highest BCUT2D eigenvalue weighted by atomic mass is 15.3. The number of fused-ring (bicyclic) bond motifs is 4. The van der Waals surface area contributed by atoms with Gasteiger partial charge in [-0.2, -0.15) is 0 Å². The van der Waals surface area contributed by atoms with Gasteiger partial charge in [0.2, 0.25) is 0 Å². The van der Waals surface area contributed by atoms with Gasteiger partial charge < -0.3 is 9.47 Å². The Kier molecular flexibility index (Phi) is 4.52. The molecule has 0 amide bonds. The Balaban J connectivity index is 1.55. The second-order valence-electron chi connectivity index (χ2n) is 9.33. The molecule has 0 bridgehead atoms. The van der Waals surface area contributed by atoms with Crippen LogP contribution in [0.4, 0.5) is 11.5 Å². The molecule has 35 heavy (non-hydrogen) atoms. The van der Waals surface area contributed by atoms with E-state index in [-0.39, 0.29) is 6.17 Å². The fraction of sp³-hybridized carbons (Fsp3) is 0.129. The zero-order chi connectivity index (χ0) is 23.4. The van der Waals surface area contributed by atoms with Gasteiger partial charge >= 0.3 is 0 Å². The molecule has 1 atom stereocenters. The van der Waals surface area contributed by atoms with E-state index in [9.17, 15) is 0 Å². The zero-order valence-corrected chi connectivity index (χ0v) is 19.7. The van der Waals surface area contributed by atoms with Crippen molar-refractivity contribution in [2.75, 3.05) is 11.9 Å². The maximum Gasteiger partial charge on any atom is 0.137 e. The molecular formula is C31H26N4. The summed E-state index contributed by atoms with van der Waals surface area (Å²) >= 11 is 0. The predicted octanol–water partition coefficient (Wildman–Crippen LogP) is 7.47. The van der Waals surface area contributed by atoms with E-state index in [4.69, 9.17) is 4.98 Å². The van der Waals surface area contributed by atoms with Crippen molar-refractivity contribution in [3.8, 4) is 0 Å². The Bertz CT molecular complexity index is 1610. The van der Waals surface area contributed by atoms with Crippen LogP contribution in [0.15, 0.2) is 115 Å². The van der Waals surface area contributed by atoms with Crippen LogP contribution in [0.1, 0.15) is 24.6 Å². The van der Waals surface area contributed by atoms with Crippen molar-refractivity contribution in [1.29, 1.82) is 0 Å². The number of pyridine rings is 1. The van der Waals surface area contributed by atoms with E-state index in [0.717, 1.165) is 24.3 Å². The van der Waals surface area contributed by atoms with Crippen molar-refractivity contribution in [3.05, 3.63) is 120 Å². The van der Waals surface area contributed by atoms with Gasteiger partial charge in [0.15, 0.2) is 0 Å². The second kappa shape index (κ2) is 7.88. The van der Waals surface area contributed by atoms with Crippen molar-refractivity contribution >= 4 is 39.4 Å². The van der Waals surface area contributed by atoms with Gasteiger partial charge in [-0.1, -0.05) is 48.6 Å². The lowest BCUT2D eigenvalue weighted by atomic mass is 10.0. The number of likely N-dealkylation sites (N-methyl/N-ethyl adjacent to an activating group) is 1. The van der Waals surface area contributed by atoms with E-state index in [2.05, 4.69) is 119 Å².